The molecule has 2 aromatic rings. The Bertz CT molecular complexity index is 460. The van der Waals surface area contributed by atoms with Crippen molar-refractivity contribution in [2.75, 3.05) is 13.2 Å². The highest BCUT2D eigenvalue weighted by atomic mass is 16.5. The molecule has 15 heavy (non-hydrogen) atoms. The molecule has 78 valence electrons. The van der Waals surface area contributed by atoms with Crippen molar-refractivity contribution < 1.29 is 9.47 Å². The Kier molecular flexibility index (Phi) is 2.07. The van der Waals surface area contributed by atoms with Crippen LogP contribution in [0.3, 0.4) is 0 Å². The Morgan fingerprint density at radius 1 is 1.47 bits per heavy atom. The lowest BCUT2D eigenvalue weighted by Gasteiger charge is -2.11. The van der Waals surface area contributed by atoms with Crippen LogP contribution >= 0.6 is 0 Å². The van der Waals surface area contributed by atoms with E-state index in [1.807, 2.05) is 28.9 Å². The lowest BCUT2D eigenvalue weighted by Crippen LogP contribution is -2.15. The normalized spacial score (nSPS) is 20.9. The van der Waals surface area contributed by atoms with Gasteiger partial charge in [-0.25, -0.2) is 4.98 Å². The maximum absolute atomic E-state index is 5.77. The van der Waals surface area contributed by atoms with Gasteiger partial charge < -0.3 is 13.9 Å². The first-order valence-electron chi connectivity index (χ1n) is 5.09. The van der Waals surface area contributed by atoms with Crippen LogP contribution in [0.5, 0.6) is 5.75 Å². The van der Waals surface area contributed by atoms with Crippen LogP contribution in [-0.4, -0.2) is 28.7 Å². The van der Waals surface area contributed by atoms with E-state index in [1.165, 1.54) is 0 Å². The molecule has 1 saturated heterocycles. The Morgan fingerprint density at radius 2 is 2.47 bits per heavy atom. The highest BCUT2D eigenvalue weighted by molar-refractivity contribution is 5.44. The van der Waals surface area contributed by atoms with E-state index in [0.29, 0.717) is 6.61 Å². The molecule has 0 aliphatic carbocycles. The zero-order valence-electron chi connectivity index (χ0n) is 8.30. The molecule has 3 rings (SSSR count). The number of hydrogen-bond donors (Lipinski definition) is 0. The summed E-state index contributed by atoms with van der Waals surface area (Å²) in [4.78, 5) is 4.21. The Morgan fingerprint density at radius 3 is 3.33 bits per heavy atom. The molecular formula is C11H12N2O2. The molecule has 2 aromatic heterocycles. The summed E-state index contributed by atoms with van der Waals surface area (Å²) in [6, 6.07) is 3.89. The number of imidazole rings is 1. The molecule has 1 atom stereocenters. The van der Waals surface area contributed by atoms with Crippen molar-refractivity contribution in [1.82, 2.24) is 9.38 Å². The second-order valence-corrected chi connectivity index (χ2v) is 3.66. The fraction of sp³-hybridized carbons (Fsp3) is 0.364. The highest BCUT2D eigenvalue weighted by Crippen LogP contribution is 2.18. The van der Waals surface area contributed by atoms with Crippen LogP contribution in [0.15, 0.2) is 30.7 Å². The molecule has 0 aromatic carbocycles. The number of nitrogens with zero attached hydrogens (tertiary/aromatic N) is 2. The topological polar surface area (TPSA) is 35.8 Å². The lowest BCUT2D eigenvalue weighted by atomic mass is 10.3. The average Bonchev–Trinajstić information content (AvgIpc) is 2.87. The average molecular weight is 204 g/mol. The molecule has 1 aliphatic heterocycles. The van der Waals surface area contributed by atoms with Gasteiger partial charge in [0, 0.05) is 31.1 Å². The minimum absolute atomic E-state index is 0.197. The number of rotatable bonds is 2. The largest absolute Gasteiger partial charge is 0.488 e. The molecule has 1 aliphatic rings. The first kappa shape index (κ1) is 8.73. The monoisotopic (exact) mass is 204 g/mol. The van der Waals surface area contributed by atoms with E-state index >= 15 is 0 Å². The quantitative estimate of drug-likeness (QED) is 0.743. The number of hydrogen-bond acceptors (Lipinski definition) is 3. The number of aromatic nitrogens is 2. The third kappa shape index (κ3) is 1.68. The Balaban J connectivity index is 1.84. The minimum atomic E-state index is 0.197. The van der Waals surface area contributed by atoms with Crippen molar-refractivity contribution >= 4 is 5.65 Å². The lowest BCUT2D eigenvalue weighted by molar-refractivity contribution is 0.141. The van der Waals surface area contributed by atoms with Gasteiger partial charge in [0.1, 0.15) is 17.5 Å². The summed E-state index contributed by atoms with van der Waals surface area (Å²) >= 11 is 0. The van der Waals surface area contributed by atoms with Gasteiger partial charge in [-0.05, 0) is 6.07 Å². The van der Waals surface area contributed by atoms with Crippen LogP contribution in [0.2, 0.25) is 0 Å². The molecular weight excluding hydrogens is 192 g/mol. The first-order valence-corrected chi connectivity index (χ1v) is 5.09. The molecule has 0 amide bonds. The van der Waals surface area contributed by atoms with Gasteiger partial charge in [0.2, 0.25) is 0 Å². The third-order valence-electron chi connectivity index (χ3n) is 2.56. The van der Waals surface area contributed by atoms with E-state index in [1.54, 1.807) is 6.20 Å². The minimum Gasteiger partial charge on any atom is -0.488 e. The van der Waals surface area contributed by atoms with Crippen LogP contribution in [0, 0.1) is 0 Å². The van der Waals surface area contributed by atoms with E-state index in [9.17, 15) is 0 Å². The molecule has 4 heteroatoms. The molecule has 0 spiro atoms. The highest BCUT2D eigenvalue weighted by Gasteiger charge is 2.17. The van der Waals surface area contributed by atoms with Crippen LogP contribution in [0.1, 0.15) is 6.42 Å². The Hall–Kier alpha value is -1.55. The molecule has 0 radical (unpaired) electrons. The van der Waals surface area contributed by atoms with Gasteiger partial charge in [0.15, 0.2) is 0 Å². The van der Waals surface area contributed by atoms with Gasteiger partial charge in [-0.3, -0.25) is 0 Å². The summed E-state index contributed by atoms with van der Waals surface area (Å²) in [5, 5.41) is 0. The zero-order valence-corrected chi connectivity index (χ0v) is 8.30. The summed E-state index contributed by atoms with van der Waals surface area (Å²) < 4.78 is 13.0. The summed E-state index contributed by atoms with van der Waals surface area (Å²) in [5.74, 6) is 0.865. The summed E-state index contributed by atoms with van der Waals surface area (Å²) in [6.07, 6.45) is 6.81. The van der Waals surface area contributed by atoms with E-state index in [0.717, 1.165) is 24.4 Å². The molecule has 0 N–H and O–H groups in total. The summed E-state index contributed by atoms with van der Waals surface area (Å²) in [5.41, 5.74) is 0.909. The van der Waals surface area contributed by atoms with Crippen molar-refractivity contribution in [3.05, 3.63) is 30.7 Å². The van der Waals surface area contributed by atoms with Crippen LogP contribution in [0.25, 0.3) is 5.65 Å². The van der Waals surface area contributed by atoms with Gasteiger partial charge in [-0.2, -0.15) is 0 Å². The predicted octanol–water partition coefficient (Wildman–Crippen LogP) is 1.50. The van der Waals surface area contributed by atoms with E-state index in [2.05, 4.69) is 4.98 Å². The summed E-state index contributed by atoms with van der Waals surface area (Å²) in [6.45, 7) is 1.50. The van der Waals surface area contributed by atoms with Crippen molar-refractivity contribution in [1.29, 1.82) is 0 Å². The second-order valence-electron chi connectivity index (χ2n) is 3.66. The van der Waals surface area contributed by atoms with Crippen molar-refractivity contribution in [2.45, 2.75) is 12.5 Å². The molecule has 0 unspecified atom stereocenters. The SMILES string of the molecule is c1cn2ccc(O[C@H]3CCOC3)cc2n1. The van der Waals surface area contributed by atoms with Gasteiger partial charge in [-0.15, -0.1) is 0 Å². The maximum atomic E-state index is 5.77. The van der Waals surface area contributed by atoms with E-state index < -0.39 is 0 Å². The molecule has 0 bridgehead atoms. The summed E-state index contributed by atoms with van der Waals surface area (Å²) in [7, 11) is 0. The fourth-order valence-corrected chi connectivity index (χ4v) is 1.76. The van der Waals surface area contributed by atoms with Crippen molar-refractivity contribution in [3.8, 4) is 5.75 Å². The van der Waals surface area contributed by atoms with Gasteiger partial charge in [0.05, 0.1) is 13.2 Å². The van der Waals surface area contributed by atoms with E-state index in [4.69, 9.17) is 9.47 Å². The molecule has 4 nitrogen and oxygen atoms in total. The van der Waals surface area contributed by atoms with Gasteiger partial charge in [-0.1, -0.05) is 0 Å². The zero-order chi connectivity index (χ0) is 10.1. The maximum Gasteiger partial charge on any atom is 0.140 e. The Labute approximate surface area is 87.5 Å². The van der Waals surface area contributed by atoms with E-state index in [-0.39, 0.29) is 6.10 Å². The van der Waals surface area contributed by atoms with Crippen molar-refractivity contribution in [2.24, 2.45) is 0 Å². The third-order valence-corrected chi connectivity index (χ3v) is 2.56. The number of pyridine rings is 1. The van der Waals surface area contributed by atoms with Gasteiger partial charge in [0.25, 0.3) is 0 Å². The fourth-order valence-electron chi connectivity index (χ4n) is 1.76. The molecule has 3 heterocycles. The van der Waals surface area contributed by atoms with Crippen LogP contribution < -0.4 is 4.74 Å². The second kappa shape index (κ2) is 3.55. The van der Waals surface area contributed by atoms with Crippen LogP contribution in [-0.2, 0) is 4.74 Å². The number of ether oxygens (including phenoxy) is 2. The first-order chi connectivity index (χ1) is 7.42. The smallest absolute Gasteiger partial charge is 0.140 e. The van der Waals surface area contributed by atoms with Crippen LogP contribution in [0.4, 0.5) is 0 Å². The van der Waals surface area contributed by atoms with Crippen molar-refractivity contribution in [3.63, 3.8) is 0 Å². The van der Waals surface area contributed by atoms with Gasteiger partial charge >= 0.3 is 0 Å². The predicted molar refractivity (Wildman–Crippen MR) is 55.0 cm³/mol. The molecule has 0 saturated carbocycles. The standard InChI is InChI=1S/C11H12N2O2/c1-4-13-5-3-12-11(13)7-9(1)15-10-2-6-14-8-10/h1,3-5,7,10H,2,6,8H2/t10-/m0/s1. The molecule has 1 fully saturated rings. The number of fused-ring (bicyclic) bond motifs is 1.